The summed E-state index contributed by atoms with van der Waals surface area (Å²) in [6.07, 6.45) is -2.12. The molecule has 3 aromatic rings. The molecule has 0 atom stereocenters. The highest BCUT2D eigenvalue weighted by atomic mass is 19.4. The first-order valence-corrected chi connectivity index (χ1v) is 9.51. The molecule has 0 bridgehead atoms. The van der Waals surface area contributed by atoms with Crippen molar-refractivity contribution in [1.82, 2.24) is 9.97 Å². The Morgan fingerprint density at radius 1 is 1.09 bits per heavy atom. The molecular weight excluding hydrogens is 430 g/mol. The lowest BCUT2D eigenvalue weighted by Crippen LogP contribution is -2.56. The zero-order valence-electron chi connectivity index (χ0n) is 16.5. The van der Waals surface area contributed by atoms with Crippen molar-refractivity contribution < 1.29 is 32.2 Å². The van der Waals surface area contributed by atoms with Gasteiger partial charge in [0.15, 0.2) is 0 Å². The molecule has 6 nitrogen and oxygen atoms in total. The summed E-state index contributed by atoms with van der Waals surface area (Å²) in [5, 5.41) is 12.6. The highest BCUT2D eigenvalue weighted by Gasteiger charge is 2.49. The molecule has 10 heteroatoms. The van der Waals surface area contributed by atoms with Crippen molar-refractivity contribution in [1.29, 1.82) is 0 Å². The number of nitrogens with zero attached hydrogens (tertiary/aromatic N) is 2. The van der Waals surface area contributed by atoms with Crippen LogP contribution in [-0.2, 0) is 27.7 Å². The summed E-state index contributed by atoms with van der Waals surface area (Å²) < 4.78 is 56.7. The van der Waals surface area contributed by atoms with E-state index < -0.39 is 35.6 Å². The van der Waals surface area contributed by atoms with Gasteiger partial charge in [0, 0.05) is 29.2 Å². The van der Waals surface area contributed by atoms with Gasteiger partial charge in [-0.25, -0.2) is 4.39 Å². The van der Waals surface area contributed by atoms with Crippen LogP contribution in [-0.4, -0.2) is 34.2 Å². The zero-order valence-corrected chi connectivity index (χ0v) is 16.5. The number of anilines is 1. The van der Waals surface area contributed by atoms with Gasteiger partial charge in [-0.3, -0.25) is 14.8 Å². The molecule has 1 aliphatic heterocycles. The summed E-state index contributed by atoms with van der Waals surface area (Å²) in [4.78, 5) is 20.8. The number of halogens is 4. The highest BCUT2D eigenvalue weighted by Crippen LogP contribution is 2.36. The van der Waals surface area contributed by atoms with Crippen molar-refractivity contribution in [3.63, 3.8) is 0 Å². The third kappa shape index (κ3) is 4.06. The summed E-state index contributed by atoms with van der Waals surface area (Å²) in [5.74, 6) is -0.844. The summed E-state index contributed by atoms with van der Waals surface area (Å²) in [6.45, 7) is -0.319. The normalized spacial score (nSPS) is 15.2. The lowest BCUT2D eigenvalue weighted by molar-refractivity contribution is -0.141. The quantitative estimate of drug-likeness (QED) is 0.583. The average Bonchev–Trinajstić information content (AvgIpc) is 2.74. The van der Waals surface area contributed by atoms with Gasteiger partial charge in [0.25, 0.3) is 0 Å². The van der Waals surface area contributed by atoms with Crippen LogP contribution in [0.15, 0.2) is 54.9 Å². The van der Waals surface area contributed by atoms with Gasteiger partial charge in [-0.05, 0) is 42.0 Å². The van der Waals surface area contributed by atoms with Gasteiger partial charge >= 0.3 is 6.18 Å². The van der Waals surface area contributed by atoms with E-state index in [1.54, 1.807) is 0 Å². The molecule has 1 fully saturated rings. The van der Waals surface area contributed by atoms with Gasteiger partial charge < -0.3 is 15.2 Å². The van der Waals surface area contributed by atoms with E-state index in [1.807, 2.05) is 0 Å². The number of benzene rings is 1. The number of aliphatic hydroxyl groups excluding tert-OH is 1. The standard InChI is InChI=1S/C22H17F4N3O3/c23-15-2-4-16(5-3-15)29-20(31)21(11-32-12-21)19-7-14(10-30)17(9-28-19)13-1-6-18(27-8-13)22(24,25)26/h1-9,30H,10-12H2,(H,29,31). The van der Waals surface area contributed by atoms with E-state index in [4.69, 9.17) is 4.74 Å². The molecular formula is C22H17F4N3O3. The summed E-state index contributed by atoms with van der Waals surface area (Å²) in [5.41, 5.74) is -0.289. The largest absolute Gasteiger partial charge is 0.433 e. The number of pyridine rings is 2. The van der Waals surface area contributed by atoms with Gasteiger partial charge in [0.1, 0.15) is 16.9 Å². The van der Waals surface area contributed by atoms with Crippen LogP contribution in [0, 0.1) is 5.82 Å². The first-order chi connectivity index (χ1) is 15.2. The van der Waals surface area contributed by atoms with E-state index in [0.717, 1.165) is 12.3 Å². The predicted octanol–water partition coefficient (Wildman–Crippen LogP) is 3.70. The predicted molar refractivity (Wildman–Crippen MR) is 106 cm³/mol. The molecule has 1 saturated heterocycles. The number of hydrogen-bond acceptors (Lipinski definition) is 5. The number of alkyl halides is 3. The molecule has 4 rings (SSSR count). The van der Waals surface area contributed by atoms with Crippen LogP contribution < -0.4 is 5.32 Å². The maximum atomic E-state index is 13.1. The number of amides is 1. The van der Waals surface area contributed by atoms with Crippen LogP contribution in [0.3, 0.4) is 0 Å². The van der Waals surface area contributed by atoms with E-state index in [0.29, 0.717) is 28.1 Å². The summed E-state index contributed by atoms with van der Waals surface area (Å²) >= 11 is 0. The Hall–Kier alpha value is -3.37. The molecule has 166 valence electrons. The molecule has 2 N–H and O–H groups in total. The number of hydrogen-bond donors (Lipinski definition) is 2. The fourth-order valence-corrected chi connectivity index (χ4v) is 3.36. The molecule has 1 aliphatic rings. The molecule has 0 spiro atoms. The Labute approximate surface area is 179 Å². The van der Waals surface area contributed by atoms with Crippen molar-refractivity contribution in [2.24, 2.45) is 0 Å². The first-order valence-electron chi connectivity index (χ1n) is 9.51. The van der Waals surface area contributed by atoms with Crippen LogP contribution in [0.25, 0.3) is 11.1 Å². The Balaban J connectivity index is 1.63. The molecule has 2 aromatic heterocycles. The number of carbonyl (C=O) groups is 1. The number of ether oxygens (including phenoxy) is 1. The zero-order chi connectivity index (χ0) is 22.9. The first kappa shape index (κ1) is 21.8. The molecule has 1 aromatic carbocycles. The maximum absolute atomic E-state index is 13.1. The second-order valence-electron chi connectivity index (χ2n) is 7.35. The number of aliphatic hydroxyl groups is 1. The minimum Gasteiger partial charge on any atom is -0.392 e. The Morgan fingerprint density at radius 2 is 1.81 bits per heavy atom. The number of carbonyl (C=O) groups excluding carboxylic acids is 1. The molecule has 0 radical (unpaired) electrons. The highest BCUT2D eigenvalue weighted by molar-refractivity contribution is 6.00. The Kier molecular flexibility index (Phi) is 5.66. The van der Waals surface area contributed by atoms with E-state index in [-0.39, 0.29) is 13.2 Å². The van der Waals surface area contributed by atoms with Crippen molar-refractivity contribution in [2.45, 2.75) is 18.2 Å². The smallest absolute Gasteiger partial charge is 0.392 e. The topological polar surface area (TPSA) is 84.3 Å². The van der Waals surface area contributed by atoms with Gasteiger partial charge in [-0.2, -0.15) is 13.2 Å². The van der Waals surface area contributed by atoms with Crippen LogP contribution >= 0.6 is 0 Å². The minimum absolute atomic E-state index is 0.0546. The summed E-state index contributed by atoms with van der Waals surface area (Å²) in [7, 11) is 0. The Bertz CT molecular complexity index is 1130. The number of rotatable bonds is 5. The molecule has 32 heavy (non-hydrogen) atoms. The minimum atomic E-state index is -4.56. The van der Waals surface area contributed by atoms with Crippen molar-refractivity contribution in [2.75, 3.05) is 18.5 Å². The molecule has 0 saturated carbocycles. The van der Waals surface area contributed by atoms with E-state index in [9.17, 15) is 27.5 Å². The fraction of sp³-hybridized carbons (Fsp3) is 0.227. The van der Waals surface area contributed by atoms with Crippen molar-refractivity contribution in [3.8, 4) is 11.1 Å². The monoisotopic (exact) mass is 447 g/mol. The lowest BCUT2D eigenvalue weighted by Gasteiger charge is -2.39. The third-order valence-corrected chi connectivity index (χ3v) is 5.25. The van der Waals surface area contributed by atoms with E-state index in [1.165, 1.54) is 42.6 Å². The maximum Gasteiger partial charge on any atom is 0.433 e. The molecule has 0 unspecified atom stereocenters. The van der Waals surface area contributed by atoms with Crippen LogP contribution in [0.2, 0.25) is 0 Å². The van der Waals surface area contributed by atoms with Gasteiger partial charge in [-0.15, -0.1) is 0 Å². The van der Waals surface area contributed by atoms with E-state index >= 15 is 0 Å². The SMILES string of the molecule is O=C(Nc1ccc(F)cc1)C1(c2cc(CO)c(-c3ccc(C(F)(F)F)nc3)cn2)COC1. The third-order valence-electron chi connectivity index (χ3n) is 5.25. The number of nitrogens with one attached hydrogen (secondary N) is 1. The van der Waals surface area contributed by atoms with Crippen molar-refractivity contribution >= 4 is 11.6 Å². The van der Waals surface area contributed by atoms with Crippen molar-refractivity contribution in [3.05, 3.63) is 77.6 Å². The fourth-order valence-electron chi connectivity index (χ4n) is 3.36. The van der Waals surface area contributed by atoms with E-state index in [2.05, 4.69) is 15.3 Å². The number of aromatic nitrogens is 2. The van der Waals surface area contributed by atoms with Gasteiger partial charge in [0.05, 0.1) is 25.5 Å². The average molecular weight is 447 g/mol. The van der Waals surface area contributed by atoms with Crippen LogP contribution in [0.5, 0.6) is 0 Å². The Morgan fingerprint density at radius 3 is 2.34 bits per heavy atom. The van der Waals surface area contributed by atoms with Crippen LogP contribution in [0.1, 0.15) is 17.0 Å². The molecule has 0 aliphatic carbocycles. The second-order valence-corrected chi connectivity index (χ2v) is 7.35. The second kappa shape index (κ2) is 8.29. The molecule has 3 heterocycles. The van der Waals surface area contributed by atoms with Gasteiger partial charge in [-0.1, -0.05) is 6.07 Å². The summed E-state index contributed by atoms with van der Waals surface area (Å²) in [6, 6.07) is 8.90. The molecule has 1 amide bonds. The lowest BCUT2D eigenvalue weighted by atomic mass is 9.80. The van der Waals surface area contributed by atoms with Gasteiger partial charge in [0.2, 0.25) is 5.91 Å². The van der Waals surface area contributed by atoms with Crippen LogP contribution in [0.4, 0.5) is 23.2 Å².